The molecule has 0 aliphatic heterocycles. The number of hydrogen-bond donors (Lipinski definition) is 0. The molecule has 0 saturated carbocycles. The Hall–Kier alpha value is -3.00. The second-order valence-corrected chi connectivity index (χ2v) is 7.74. The lowest BCUT2D eigenvalue weighted by atomic mass is 10.1. The first-order valence-corrected chi connectivity index (χ1v) is 9.83. The molecule has 0 bridgehead atoms. The van der Waals surface area contributed by atoms with Crippen LogP contribution >= 0.6 is 15.9 Å². The number of hydrogen-bond acceptors (Lipinski definition) is 4. The summed E-state index contributed by atoms with van der Waals surface area (Å²) in [7, 11) is 1.77. The highest BCUT2D eigenvalue weighted by molar-refractivity contribution is 9.10. The number of nitro groups is 1. The smallest absolute Gasteiger partial charge is 0.312 e. The summed E-state index contributed by atoms with van der Waals surface area (Å²) in [6.07, 6.45) is 0. The van der Waals surface area contributed by atoms with Crippen molar-refractivity contribution in [2.45, 2.75) is 26.9 Å². The molecule has 3 aromatic rings. The maximum absolute atomic E-state index is 12.7. The Balaban J connectivity index is 1.71. The van der Waals surface area contributed by atoms with Crippen LogP contribution in [0, 0.1) is 24.0 Å². The fourth-order valence-electron chi connectivity index (χ4n) is 3.21. The summed E-state index contributed by atoms with van der Waals surface area (Å²) < 4.78 is 2.58. The number of benzene rings is 2. The minimum absolute atomic E-state index is 0.0468. The SMILES string of the molecule is Cc1nn(Cc2ccc(C(=O)N(C)Cc3ccccc3Br)cc2)c(C)c1[N+](=O)[O-]. The van der Waals surface area contributed by atoms with Crippen LogP contribution in [0.15, 0.2) is 53.0 Å². The molecule has 0 aliphatic rings. The number of amides is 1. The van der Waals surface area contributed by atoms with Gasteiger partial charge in [-0.2, -0.15) is 5.10 Å². The third kappa shape index (κ3) is 4.54. The van der Waals surface area contributed by atoms with Gasteiger partial charge in [-0.25, -0.2) is 0 Å². The number of aryl methyl sites for hydroxylation is 1. The number of halogens is 1. The van der Waals surface area contributed by atoms with E-state index in [-0.39, 0.29) is 11.6 Å². The van der Waals surface area contributed by atoms with Gasteiger partial charge in [0.15, 0.2) is 0 Å². The zero-order valence-electron chi connectivity index (χ0n) is 16.4. The van der Waals surface area contributed by atoms with Gasteiger partial charge in [-0.15, -0.1) is 0 Å². The lowest BCUT2D eigenvalue weighted by molar-refractivity contribution is -0.386. The summed E-state index contributed by atoms with van der Waals surface area (Å²) in [4.78, 5) is 25.1. The standard InChI is InChI=1S/C21H21BrN4O3/c1-14-20(26(28)29)15(2)25(23-14)12-16-8-10-17(11-9-16)21(27)24(3)13-18-6-4-5-7-19(18)22/h4-11H,12-13H2,1-3H3. The van der Waals surface area contributed by atoms with Gasteiger partial charge in [0.05, 0.1) is 11.5 Å². The van der Waals surface area contributed by atoms with Crippen LogP contribution in [0.4, 0.5) is 5.69 Å². The van der Waals surface area contributed by atoms with Crippen LogP contribution in [0.2, 0.25) is 0 Å². The van der Waals surface area contributed by atoms with Gasteiger partial charge in [0.25, 0.3) is 5.91 Å². The zero-order chi connectivity index (χ0) is 21.1. The fraction of sp³-hybridized carbons (Fsp3) is 0.238. The van der Waals surface area contributed by atoms with Crippen molar-refractivity contribution in [3.63, 3.8) is 0 Å². The average molecular weight is 457 g/mol. The van der Waals surface area contributed by atoms with Crippen molar-refractivity contribution in [1.29, 1.82) is 0 Å². The highest BCUT2D eigenvalue weighted by Crippen LogP contribution is 2.23. The Morgan fingerprint density at radius 2 is 1.83 bits per heavy atom. The summed E-state index contributed by atoms with van der Waals surface area (Å²) in [6, 6.07) is 15.0. The number of carbonyl (C=O) groups is 1. The molecule has 7 nitrogen and oxygen atoms in total. The van der Waals surface area contributed by atoms with Crippen LogP contribution in [0.1, 0.15) is 32.9 Å². The summed E-state index contributed by atoms with van der Waals surface area (Å²) >= 11 is 3.50. The molecule has 0 atom stereocenters. The average Bonchev–Trinajstić information content (AvgIpc) is 2.96. The van der Waals surface area contributed by atoms with E-state index in [9.17, 15) is 14.9 Å². The van der Waals surface area contributed by atoms with Crippen molar-refractivity contribution in [1.82, 2.24) is 14.7 Å². The van der Waals surface area contributed by atoms with Gasteiger partial charge < -0.3 is 4.90 Å². The van der Waals surface area contributed by atoms with E-state index >= 15 is 0 Å². The van der Waals surface area contributed by atoms with Crippen LogP contribution < -0.4 is 0 Å². The molecule has 3 rings (SSSR count). The van der Waals surface area contributed by atoms with Crippen molar-refractivity contribution < 1.29 is 9.72 Å². The molecule has 0 spiro atoms. The Labute approximate surface area is 177 Å². The number of rotatable bonds is 6. The van der Waals surface area contributed by atoms with E-state index in [1.54, 1.807) is 42.6 Å². The molecule has 0 unspecified atom stereocenters. The van der Waals surface area contributed by atoms with E-state index in [1.807, 2.05) is 36.4 Å². The molecule has 0 saturated heterocycles. The topological polar surface area (TPSA) is 81.3 Å². The van der Waals surface area contributed by atoms with Crippen LogP contribution in [0.25, 0.3) is 0 Å². The number of aromatic nitrogens is 2. The lowest BCUT2D eigenvalue weighted by Gasteiger charge is -2.18. The summed E-state index contributed by atoms with van der Waals surface area (Å²) in [5.74, 6) is -0.0749. The van der Waals surface area contributed by atoms with E-state index in [4.69, 9.17) is 0 Å². The van der Waals surface area contributed by atoms with E-state index < -0.39 is 4.92 Å². The fourth-order valence-corrected chi connectivity index (χ4v) is 3.62. The van der Waals surface area contributed by atoms with Gasteiger partial charge >= 0.3 is 5.69 Å². The molecule has 29 heavy (non-hydrogen) atoms. The molecule has 1 amide bonds. The van der Waals surface area contributed by atoms with Crippen molar-refractivity contribution in [3.8, 4) is 0 Å². The maximum atomic E-state index is 12.7. The molecule has 1 aromatic heterocycles. The largest absolute Gasteiger partial charge is 0.337 e. The molecule has 2 aromatic carbocycles. The predicted molar refractivity (Wildman–Crippen MR) is 114 cm³/mol. The van der Waals surface area contributed by atoms with Crippen LogP contribution in [0.3, 0.4) is 0 Å². The number of nitrogens with zero attached hydrogens (tertiary/aromatic N) is 4. The Morgan fingerprint density at radius 3 is 2.41 bits per heavy atom. The Bertz CT molecular complexity index is 1060. The van der Waals surface area contributed by atoms with Crippen LogP contribution in [-0.2, 0) is 13.1 Å². The highest BCUT2D eigenvalue weighted by Gasteiger charge is 2.21. The van der Waals surface area contributed by atoms with Gasteiger partial charge in [-0.1, -0.05) is 46.3 Å². The molecule has 0 radical (unpaired) electrons. The monoisotopic (exact) mass is 456 g/mol. The van der Waals surface area contributed by atoms with Gasteiger partial charge in [0, 0.05) is 23.6 Å². The molecule has 1 heterocycles. The van der Waals surface area contributed by atoms with E-state index in [1.165, 1.54) is 0 Å². The molecule has 0 N–H and O–H groups in total. The molecule has 0 fully saturated rings. The predicted octanol–water partition coefficient (Wildman–Crippen LogP) is 4.49. The molecule has 8 heteroatoms. The van der Waals surface area contributed by atoms with Crippen LogP contribution in [-0.4, -0.2) is 32.6 Å². The van der Waals surface area contributed by atoms with Crippen molar-refractivity contribution in [2.75, 3.05) is 7.05 Å². The number of carbonyl (C=O) groups excluding carboxylic acids is 1. The quantitative estimate of drug-likeness (QED) is 0.404. The first kappa shape index (κ1) is 20.7. The second-order valence-electron chi connectivity index (χ2n) is 6.88. The normalized spacial score (nSPS) is 10.8. The van der Waals surface area contributed by atoms with Crippen molar-refractivity contribution >= 4 is 27.5 Å². The third-order valence-corrected chi connectivity index (χ3v) is 5.54. The second kappa shape index (κ2) is 8.57. The molecule has 150 valence electrons. The summed E-state index contributed by atoms with van der Waals surface area (Å²) in [5.41, 5.74) is 3.49. The minimum Gasteiger partial charge on any atom is -0.337 e. The van der Waals surface area contributed by atoms with Gasteiger partial charge in [-0.05, 0) is 43.2 Å². The molecular formula is C21H21BrN4O3. The first-order valence-electron chi connectivity index (χ1n) is 9.04. The summed E-state index contributed by atoms with van der Waals surface area (Å²) in [5, 5.41) is 15.4. The van der Waals surface area contributed by atoms with E-state index in [2.05, 4.69) is 21.0 Å². The maximum Gasteiger partial charge on any atom is 0.312 e. The van der Waals surface area contributed by atoms with E-state index in [0.29, 0.717) is 30.0 Å². The Morgan fingerprint density at radius 1 is 1.17 bits per heavy atom. The Kier molecular flexibility index (Phi) is 6.12. The van der Waals surface area contributed by atoms with Crippen LogP contribution in [0.5, 0.6) is 0 Å². The summed E-state index contributed by atoms with van der Waals surface area (Å²) in [6.45, 7) is 4.22. The van der Waals surface area contributed by atoms with E-state index in [0.717, 1.165) is 15.6 Å². The van der Waals surface area contributed by atoms with Crippen molar-refractivity contribution in [3.05, 3.63) is 91.2 Å². The van der Waals surface area contributed by atoms with Gasteiger partial charge in [-0.3, -0.25) is 19.6 Å². The highest BCUT2D eigenvalue weighted by atomic mass is 79.9. The van der Waals surface area contributed by atoms with Gasteiger partial charge in [0.2, 0.25) is 0 Å². The molecule has 0 aliphatic carbocycles. The third-order valence-electron chi connectivity index (χ3n) is 4.77. The van der Waals surface area contributed by atoms with Gasteiger partial charge in [0.1, 0.15) is 11.4 Å². The zero-order valence-corrected chi connectivity index (χ0v) is 18.0. The minimum atomic E-state index is -0.406. The molecular weight excluding hydrogens is 436 g/mol. The first-order chi connectivity index (χ1) is 13.8. The lowest BCUT2D eigenvalue weighted by Crippen LogP contribution is -2.26. The van der Waals surface area contributed by atoms with Crippen molar-refractivity contribution in [2.24, 2.45) is 0 Å².